The fraction of sp³-hybridized carbons (Fsp3) is 0.632. The maximum Gasteiger partial charge on any atom is 0.416 e. The first-order valence-corrected chi connectivity index (χ1v) is 11.5. The van der Waals surface area contributed by atoms with E-state index in [-0.39, 0.29) is 24.5 Å². The lowest BCUT2D eigenvalue weighted by molar-refractivity contribution is -0.137. The number of urea groups is 1. The summed E-state index contributed by atoms with van der Waals surface area (Å²) in [6.45, 7) is 2.41. The van der Waals surface area contributed by atoms with Crippen LogP contribution in [0.5, 0.6) is 0 Å². The molecule has 2 fully saturated rings. The summed E-state index contributed by atoms with van der Waals surface area (Å²) in [5, 5.41) is 0. The third kappa shape index (κ3) is 6.08. The molecule has 1 aromatic carbocycles. The SMILES string of the molecule is CS(=O)(=O)OCC1CC(c2ccc(C(F)(F)F)cc2)CN(C(=O)N2CCOCC2)C1. The maximum atomic E-state index is 13.0. The smallest absolute Gasteiger partial charge is 0.378 e. The molecule has 30 heavy (non-hydrogen) atoms. The van der Waals surface area contributed by atoms with Crippen LogP contribution in [0.15, 0.2) is 24.3 Å². The molecular weight excluding hydrogens is 425 g/mol. The molecule has 168 valence electrons. The lowest BCUT2D eigenvalue weighted by Gasteiger charge is -2.41. The molecule has 0 radical (unpaired) electrons. The van der Waals surface area contributed by atoms with Crippen LogP contribution in [-0.2, 0) is 25.2 Å². The topological polar surface area (TPSA) is 76.2 Å². The molecule has 0 saturated carbocycles. The predicted octanol–water partition coefficient (Wildman–Crippen LogP) is 2.54. The van der Waals surface area contributed by atoms with E-state index in [2.05, 4.69) is 0 Å². The first-order valence-electron chi connectivity index (χ1n) is 9.66. The summed E-state index contributed by atoms with van der Waals surface area (Å²) in [6, 6.07) is 4.72. The second-order valence-electron chi connectivity index (χ2n) is 7.69. The number of hydrogen-bond acceptors (Lipinski definition) is 5. The highest BCUT2D eigenvalue weighted by molar-refractivity contribution is 7.85. The number of amides is 2. The average molecular weight is 450 g/mol. The van der Waals surface area contributed by atoms with Gasteiger partial charge in [0.1, 0.15) is 0 Å². The van der Waals surface area contributed by atoms with E-state index in [0.29, 0.717) is 51.4 Å². The molecule has 11 heteroatoms. The Kier molecular flexibility index (Phi) is 6.93. The summed E-state index contributed by atoms with van der Waals surface area (Å²) in [4.78, 5) is 16.3. The summed E-state index contributed by atoms with van der Waals surface area (Å²) in [5.41, 5.74) is -0.0629. The van der Waals surface area contributed by atoms with Crippen molar-refractivity contribution in [1.82, 2.24) is 9.80 Å². The highest BCUT2D eigenvalue weighted by atomic mass is 32.2. The number of likely N-dealkylation sites (tertiary alicyclic amines) is 1. The first kappa shape index (κ1) is 22.8. The number of carbonyl (C=O) groups excluding carboxylic acids is 1. The van der Waals surface area contributed by atoms with E-state index >= 15 is 0 Å². The van der Waals surface area contributed by atoms with E-state index < -0.39 is 21.9 Å². The van der Waals surface area contributed by atoms with Crippen molar-refractivity contribution in [2.24, 2.45) is 5.92 Å². The standard InChI is InChI=1S/C19H25F3N2O5S/c1-30(26,27)29-13-14-10-16(15-2-4-17(5-3-15)19(20,21)22)12-24(11-14)18(25)23-6-8-28-9-7-23/h2-5,14,16H,6-13H2,1H3. The van der Waals surface area contributed by atoms with Crippen LogP contribution in [0.25, 0.3) is 0 Å². The Bertz CT molecular complexity index is 839. The number of rotatable bonds is 4. The van der Waals surface area contributed by atoms with Crippen LogP contribution in [0.4, 0.5) is 18.0 Å². The van der Waals surface area contributed by atoms with Gasteiger partial charge in [-0.2, -0.15) is 21.6 Å². The Morgan fingerprint density at radius 3 is 2.33 bits per heavy atom. The molecule has 2 saturated heterocycles. The van der Waals surface area contributed by atoms with Crippen molar-refractivity contribution < 1.29 is 35.3 Å². The van der Waals surface area contributed by atoms with Gasteiger partial charge in [0.05, 0.1) is 31.6 Å². The lowest BCUT2D eigenvalue weighted by atomic mass is 9.84. The molecule has 2 aliphatic rings. The quantitative estimate of drug-likeness (QED) is 0.659. The molecule has 0 spiro atoms. The summed E-state index contributed by atoms with van der Waals surface area (Å²) in [5.74, 6) is -0.482. The van der Waals surface area contributed by atoms with Crippen molar-refractivity contribution in [1.29, 1.82) is 0 Å². The minimum Gasteiger partial charge on any atom is -0.378 e. The van der Waals surface area contributed by atoms with Crippen LogP contribution >= 0.6 is 0 Å². The number of piperidine rings is 1. The molecule has 0 aliphatic carbocycles. The molecule has 2 heterocycles. The van der Waals surface area contributed by atoms with E-state index in [9.17, 15) is 26.4 Å². The molecular formula is C19H25F3N2O5S. The monoisotopic (exact) mass is 450 g/mol. The maximum absolute atomic E-state index is 13.0. The molecule has 0 bridgehead atoms. The molecule has 1 aromatic rings. The number of nitrogens with zero attached hydrogens (tertiary/aromatic N) is 2. The molecule has 7 nitrogen and oxygen atoms in total. The highest BCUT2D eigenvalue weighted by Gasteiger charge is 2.35. The van der Waals surface area contributed by atoms with Gasteiger partial charge in [-0.25, -0.2) is 4.79 Å². The van der Waals surface area contributed by atoms with Gasteiger partial charge in [-0.15, -0.1) is 0 Å². The van der Waals surface area contributed by atoms with Gasteiger partial charge < -0.3 is 14.5 Å². The normalized spacial score (nSPS) is 23.5. The van der Waals surface area contributed by atoms with Crippen LogP contribution in [0, 0.1) is 5.92 Å². The molecule has 2 aliphatic heterocycles. The average Bonchev–Trinajstić information content (AvgIpc) is 2.71. The van der Waals surface area contributed by atoms with Gasteiger partial charge in [0.2, 0.25) is 0 Å². The van der Waals surface area contributed by atoms with E-state index in [4.69, 9.17) is 8.92 Å². The third-order valence-electron chi connectivity index (χ3n) is 5.32. The van der Waals surface area contributed by atoms with Crippen LogP contribution in [0.1, 0.15) is 23.5 Å². The van der Waals surface area contributed by atoms with Gasteiger partial charge in [-0.3, -0.25) is 4.18 Å². The van der Waals surface area contributed by atoms with Crippen LogP contribution in [-0.4, -0.2) is 76.5 Å². The molecule has 0 N–H and O–H groups in total. The number of halogens is 3. The first-order chi connectivity index (χ1) is 14.0. The van der Waals surface area contributed by atoms with E-state index in [0.717, 1.165) is 18.4 Å². The van der Waals surface area contributed by atoms with Gasteiger partial charge >= 0.3 is 12.2 Å². The zero-order valence-corrected chi connectivity index (χ0v) is 17.4. The van der Waals surface area contributed by atoms with Crippen molar-refractivity contribution in [3.05, 3.63) is 35.4 Å². The number of carbonyl (C=O) groups is 1. The van der Waals surface area contributed by atoms with E-state index in [1.54, 1.807) is 9.80 Å². The predicted molar refractivity (Wildman–Crippen MR) is 102 cm³/mol. The molecule has 2 unspecified atom stereocenters. The Balaban J connectivity index is 1.77. The summed E-state index contributed by atoms with van der Waals surface area (Å²) >= 11 is 0. The Morgan fingerprint density at radius 1 is 1.13 bits per heavy atom. The zero-order chi connectivity index (χ0) is 21.9. The highest BCUT2D eigenvalue weighted by Crippen LogP contribution is 2.34. The van der Waals surface area contributed by atoms with Crippen molar-refractivity contribution in [2.75, 3.05) is 52.3 Å². The van der Waals surface area contributed by atoms with Crippen molar-refractivity contribution >= 4 is 16.1 Å². The lowest BCUT2D eigenvalue weighted by Crippen LogP contribution is -2.52. The van der Waals surface area contributed by atoms with Crippen molar-refractivity contribution in [2.45, 2.75) is 18.5 Å². The Morgan fingerprint density at radius 2 is 1.77 bits per heavy atom. The summed E-state index contributed by atoms with van der Waals surface area (Å²) < 4.78 is 71.6. The number of morpholine rings is 1. The minimum absolute atomic E-state index is 0.0805. The molecule has 0 aromatic heterocycles. The van der Waals surface area contributed by atoms with Crippen LogP contribution in [0.3, 0.4) is 0 Å². The third-order valence-corrected chi connectivity index (χ3v) is 5.88. The number of benzene rings is 1. The summed E-state index contributed by atoms with van der Waals surface area (Å²) in [6.07, 6.45) is -2.96. The van der Waals surface area contributed by atoms with Gasteiger partial charge in [-0.05, 0) is 24.1 Å². The van der Waals surface area contributed by atoms with Crippen molar-refractivity contribution in [3.63, 3.8) is 0 Å². The second-order valence-corrected chi connectivity index (χ2v) is 9.34. The van der Waals surface area contributed by atoms with Gasteiger partial charge in [0.25, 0.3) is 10.1 Å². The number of ether oxygens (including phenoxy) is 1. The fourth-order valence-electron chi connectivity index (χ4n) is 3.84. The van der Waals surface area contributed by atoms with Gasteiger partial charge in [0.15, 0.2) is 0 Å². The van der Waals surface area contributed by atoms with E-state index in [1.165, 1.54) is 12.1 Å². The fourth-order valence-corrected chi connectivity index (χ4v) is 4.28. The largest absolute Gasteiger partial charge is 0.416 e. The Hall–Kier alpha value is -1.85. The second kappa shape index (κ2) is 9.11. The molecule has 2 amide bonds. The van der Waals surface area contributed by atoms with Gasteiger partial charge in [0, 0.05) is 38.0 Å². The molecule has 3 rings (SSSR count). The van der Waals surface area contributed by atoms with Gasteiger partial charge in [-0.1, -0.05) is 12.1 Å². The van der Waals surface area contributed by atoms with Crippen LogP contribution in [0.2, 0.25) is 0 Å². The number of alkyl halides is 3. The minimum atomic E-state index is -4.42. The molecule has 2 atom stereocenters. The zero-order valence-electron chi connectivity index (χ0n) is 16.6. The Labute approximate surface area is 173 Å². The number of hydrogen-bond donors (Lipinski definition) is 0. The van der Waals surface area contributed by atoms with Crippen LogP contribution < -0.4 is 0 Å². The van der Waals surface area contributed by atoms with Crippen molar-refractivity contribution in [3.8, 4) is 0 Å². The van der Waals surface area contributed by atoms with E-state index in [1.807, 2.05) is 0 Å². The summed E-state index contributed by atoms with van der Waals surface area (Å²) in [7, 11) is -3.64.